The number of aromatic nitrogens is 1. The van der Waals surface area contributed by atoms with Crippen LogP contribution < -0.4 is 10.4 Å². The van der Waals surface area contributed by atoms with E-state index >= 15 is 0 Å². The Labute approximate surface area is 237 Å². The second-order valence-corrected chi connectivity index (χ2v) is 12.2. The molecule has 198 valence electrons. The van der Waals surface area contributed by atoms with Crippen LogP contribution in [0.4, 0.5) is 10.8 Å². The second kappa shape index (κ2) is 10.3. The van der Waals surface area contributed by atoms with Crippen molar-refractivity contribution in [2.75, 3.05) is 4.90 Å². The first kappa shape index (κ1) is 27.2. The molecule has 1 fully saturated rings. The summed E-state index contributed by atoms with van der Waals surface area (Å²) in [5.41, 5.74) is 0.416. The molecule has 14 heteroatoms. The summed E-state index contributed by atoms with van der Waals surface area (Å²) in [6.45, 7) is 0. The number of nitro groups is 1. The molecule has 2 radical (unpaired) electrons. The number of Topliss-reactive ketones (excluding diaryl/α,β-unsaturated/α-hetero) is 1. The molecule has 5 rings (SSSR count). The number of carbonyl (C=O) groups is 2. The Morgan fingerprint density at radius 3 is 2.38 bits per heavy atom. The highest BCUT2D eigenvalue weighted by atomic mass is 35.5. The van der Waals surface area contributed by atoms with Gasteiger partial charge in [0.15, 0.2) is 5.13 Å². The molecule has 0 saturated carbocycles. The van der Waals surface area contributed by atoms with Crippen molar-refractivity contribution in [3.8, 4) is 0 Å². The van der Waals surface area contributed by atoms with Gasteiger partial charge in [-0.15, -0.1) is 0 Å². The minimum absolute atomic E-state index is 0.120. The lowest BCUT2D eigenvalue weighted by Gasteiger charge is -2.23. The number of benzene rings is 3. The highest BCUT2D eigenvalue weighted by Crippen LogP contribution is 2.44. The fourth-order valence-electron chi connectivity index (χ4n) is 4.19. The van der Waals surface area contributed by atoms with Crippen molar-refractivity contribution in [2.45, 2.75) is 15.1 Å². The fourth-order valence-corrected chi connectivity index (χ4v) is 6.86. The number of ketones is 1. The number of sulfone groups is 1. The zero-order chi connectivity index (χ0) is 28.8. The Hall–Kier alpha value is -4.33. The van der Waals surface area contributed by atoms with E-state index in [1.54, 1.807) is 18.2 Å². The number of aliphatic hydroxyl groups is 1. The van der Waals surface area contributed by atoms with Gasteiger partial charge in [-0.25, -0.2) is 13.4 Å². The first-order chi connectivity index (χ1) is 19.0. The monoisotopic (exact) mass is 591 g/mol. The van der Waals surface area contributed by atoms with Gasteiger partial charge >= 0.3 is 5.91 Å². The summed E-state index contributed by atoms with van der Waals surface area (Å²) in [6.07, 6.45) is 1.03. The molecule has 1 saturated heterocycles. The summed E-state index contributed by atoms with van der Waals surface area (Å²) in [5, 5.41) is 22.4. The lowest BCUT2D eigenvalue weighted by atomic mass is 9.89. The maximum absolute atomic E-state index is 13.3. The molecule has 10 nitrogen and oxygen atoms in total. The number of nitro benzene ring substituents is 1. The number of hydrogen-bond donors (Lipinski definition) is 1. The molecule has 2 heterocycles. The average molecular weight is 592 g/mol. The van der Waals surface area contributed by atoms with E-state index < -0.39 is 38.3 Å². The normalized spacial score (nSPS) is 16.8. The Morgan fingerprint density at radius 1 is 1.07 bits per heavy atom. The summed E-state index contributed by atoms with van der Waals surface area (Å²) >= 11 is 6.58. The van der Waals surface area contributed by atoms with Crippen LogP contribution in [0.3, 0.4) is 0 Å². The van der Waals surface area contributed by atoms with Crippen LogP contribution in [0.5, 0.6) is 0 Å². The maximum atomic E-state index is 13.3. The van der Waals surface area contributed by atoms with Gasteiger partial charge in [-0.3, -0.25) is 24.6 Å². The summed E-state index contributed by atoms with van der Waals surface area (Å²) in [6, 6.07) is 15.5. The average Bonchev–Trinajstić information content (AvgIpc) is 3.52. The Bertz CT molecular complexity index is 1820. The molecule has 3 aromatic carbocycles. The minimum Gasteiger partial charge on any atom is -0.507 e. The number of aliphatic hydroxyl groups excluding tert-OH is 1. The van der Waals surface area contributed by atoms with E-state index in [4.69, 9.17) is 19.4 Å². The van der Waals surface area contributed by atoms with Gasteiger partial charge in [0, 0.05) is 22.7 Å². The number of non-ortho nitro benzene ring substituents is 1. The van der Waals surface area contributed by atoms with Crippen molar-refractivity contribution in [1.82, 2.24) is 4.98 Å². The van der Waals surface area contributed by atoms with E-state index in [0.29, 0.717) is 27.4 Å². The molecule has 0 bridgehead atoms. The molecule has 1 aliphatic heterocycles. The summed E-state index contributed by atoms with van der Waals surface area (Å²) in [5.74, 6) is -2.49. The first-order valence-electron chi connectivity index (χ1n) is 11.4. The largest absolute Gasteiger partial charge is 0.507 e. The molecule has 1 atom stereocenters. The topological polar surface area (TPSA) is 148 Å². The zero-order valence-electron chi connectivity index (χ0n) is 20.1. The quantitative estimate of drug-likeness (QED) is 0.0885. The molecule has 0 spiro atoms. The zero-order valence-corrected chi connectivity index (χ0v) is 22.5. The van der Waals surface area contributed by atoms with E-state index in [-0.39, 0.29) is 31.1 Å². The smallest absolute Gasteiger partial charge is 0.301 e. The molecule has 40 heavy (non-hydrogen) atoms. The number of rotatable bonds is 6. The van der Waals surface area contributed by atoms with Gasteiger partial charge in [0.1, 0.15) is 17.8 Å². The minimum atomic E-state index is -4.17. The lowest BCUT2D eigenvalue weighted by molar-refractivity contribution is -0.384. The van der Waals surface area contributed by atoms with Gasteiger partial charge in [-0.2, -0.15) is 0 Å². The third-order valence-corrected chi connectivity index (χ3v) is 9.57. The number of nitrogens with zero attached hydrogens (tertiary/aromatic N) is 3. The van der Waals surface area contributed by atoms with E-state index in [9.17, 15) is 33.2 Å². The van der Waals surface area contributed by atoms with Crippen LogP contribution in [0.15, 0.2) is 93.7 Å². The number of amides is 1. The SMILES string of the molecule is [B]c1cccc(C2C(=C(O)c3ccc(Cl)cc3)C(=O)C(=O)N2c2ncc(S(=O)(=O)c3ccc([N+](=O)[O-])cc3)s2)c1. The molecule has 0 aliphatic carbocycles. The maximum Gasteiger partial charge on any atom is 0.301 e. The molecule has 1 N–H and O–H groups in total. The van der Waals surface area contributed by atoms with Crippen molar-refractivity contribution >= 4 is 74.4 Å². The van der Waals surface area contributed by atoms with Crippen LogP contribution in [-0.2, 0) is 19.4 Å². The Balaban J connectivity index is 1.62. The number of anilines is 1. The Kier molecular flexibility index (Phi) is 7.04. The third-order valence-electron chi connectivity index (χ3n) is 6.09. The molecule has 1 aliphatic rings. The highest BCUT2D eigenvalue weighted by Gasteiger charge is 2.48. The van der Waals surface area contributed by atoms with E-state index in [1.165, 1.54) is 30.3 Å². The third kappa shape index (κ3) is 4.79. The molecule has 1 aromatic heterocycles. The fraction of sp³-hybridized carbons (Fsp3) is 0.0385. The molecular weight excluding hydrogens is 577 g/mol. The van der Waals surface area contributed by atoms with Crippen LogP contribution in [-0.4, -0.2) is 43.0 Å². The predicted molar refractivity (Wildman–Crippen MR) is 149 cm³/mol. The van der Waals surface area contributed by atoms with Crippen molar-refractivity contribution < 1.29 is 28.0 Å². The van der Waals surface area contributed by atoms with Gasteiger partial charge < -0.3 is 5.11 Å². The van der Waals surface area contributed by atoms with E-state index in [0.717, 1.165) is 35.4 Å². The first-order valence-corrected chi connectivity index (χ1v) is 14.0. The van der Waals surface area contributed by atoms with Crippen molar-refractivity contribution in [1.29, 1.82) is 0 Å². The standard InChI is InChI=1S/C26H15BClN3O7S2/c27-16-3-1-2-15(12-16)22-21(23(32)14-4-6-17(28)7-5-14)24(33)25(34)30(22)26-29-13-20(39-26)40(37,38)19-10-8-18(9-11-19)31(35)36/h1-13,22,32H. The van der Waals surface area contributed by atoms with Crippen molar-refractivity contribution in [3.05, 3.63) is 111 Å². The van der Waals surface area contributed by atoms with Crippen molar-refractivity contribution in [2.24, 2.45) is 0 Å². The van der Waals surface area contributed by atoms with E-state index in [2.05, 4.69) is 4.98 Å². The van der Waals surface area contributed by atoms with Gasteiger partial charge in [0.2, 0.25) is 9.84 Å². The van der Waals surface area contributed by atoms with Gasteiger partial charge in [0.05, 0.1) is 27.6 Å². The van der Waals surface area contributed by atoms with Crippen LogP contribution in [0.25, 0.3) is 5.76 Å². The predicted octanol–water partition coefficient (Wildman–Crippen LogP) is 3.96. The van der Waals surface area contributed by atoms with Gasteiger partial charge in [0.25, 0.3) is 11.5 Å². The number of carbonyl (C=O) groups excluding carboxylic acids is 2. The number of hydrogen-bond acceptors (Lipinski definition) is 9. The van der Waals surface area contributed by atoms with Crippen molar-refractivity contribution in [3.63, 3.8) is 0 Å². The number of thiazole rings is 1. The number of halogens is 1. The van der Waals surface area contributed by atoms with Crippen LogP contribution >= 0.6 is 22.9 Å². The highest BCUT2D eigenvalue weighted by molar-refractivity contribution is 7.93. The van der Waals surface area contributed by atoms with Crippen LogP contribution in [0, 0.1) is 10.1 Å². The summed E-state index contributed by atoms with van der Waals surface area (Å²) in [7, 11) is 1.80. The molecule has 4 aromatic rings. The lowest BCUT2D eigenvalue weighted by Crippen LogP contribution is -2.29. The second-order valence-electron chi connectivity index (χ2n) is 8.56. The van der Waals surface area contributed by atoms with Gasteiger partial charge in [-0.1, -0.05) is 52.7 Å². The van der Waals surface area contributed by atoms with Crippen LogP contribution in [0.1, 0.15) is 17.2 Å². The molecule has 1 unspecified atom stereocenters. The van der Waals surface area contributed by atoms with E-state index in [1.807, 2.05) is 0 Å². The molecular formula is C26H15BClN3O7S2. The van der Waals surface area contributed by atoms with Gasteiger partial charge in [-0.05, 0) is 42.0 Å². The summed E-state index contributed by atoms with van der Waals surface area (Å²) in [4.78, 5) is 41.8. The summed E-state index contributed by atoms with van der Waals surface area (Å²) < 4.78 is 26.2. The molecule has 1 amide bonds. The van der Waals surface area contributed by atoms with Crippen LogP contribution in [0.2, 0.25) is 5.02 Å². The Morgan fingerprint density at radius 2 is 1.75 bits per heavy atom.